The molecule has 0 bridgehead atoms. The second-order valence-electron chi connectivity index (χ2n) is 9.20. The van der Waals surface area contributed by atoms with Crippen molar-refractivity contribution < 1.29 is 22.4 Å². The Hall–Kier alpha value is -0.0475. The first-order valence-electron chi connectivity index (χ1n) is 8.60. The fraction of sp³-hybridized carbons (Fsp3) is 0.600. The number of rotatable bonds is 8. The van der Waals surface area contributed by atoms with Gasteiger partial charge in [-0.1, -0.05) is 24.3 Å². The van der Waals surface area contributed by atoms with E-state index in [4.69, 9.17) is 12.3 Å². The predicted molar refractivity (Wildman–Crippen MR) is 115 cm³/mol. The predicted octanol–water partition coefficient (Wildman–Crippen LogP) is 2.07. The molecule has 1 aromatic carbocycles. The van der Waals surface area contributed by atoms with E-state index in [0.29, 0.717) is 5.46 Å². The van der Waals surface area contributed by atoms with E-state index in [0.717, 1.165) is 5.19 Å². The first kappa shape index (κ1) is 23.0. The van der Waals surface area contributed by atoms with E-state index in [2.05, 4.69) is 58.9 Å². The molecule has 10 heteroatoms. The van der Waals surface area contributed by atoms with Gasteiger partial charge >= 0.3 is 15.9 Å². The molecule has 0 heterocycles. The molecule has 0 spiro atoms. The third-order valence-corrected chi connectivity index (χ3v) is 14.5. The summed E-state index contributed by atoms with van der Waals surface area (Å²) in [6.45, 7) is 19.1. The van der Waals surface area contributed by atoms with Crippen molar-refractivity contribution in [2.75, 3.05) is 0 Å². The van der Waals surface area contributed by atoms with Gasteiger partial charge in [-0.05, 0) is 64.4 Å². The molecule has 5 nitrogen and oxygen atoms in total. The molecule has 0 saturated carbocycles. The zero-order valence-electron chi connectivity index (χ0n) is 17.0. The lowest BCUT2D eigenvalue weighted by atomic mass is 9.80. The van der Waals surface area contributed by atoms with E-state index in [-0.39, 0.29) is 0 Å². The Morgan fingerprint density at radius 3 is 1.44 bits per heavy atom. The van der Waals surface area contributed by atoms with Gasteiger partial charge in [0.2, 0.25) is 0 Å². The van der Waals surface area contributed by atoms with E-state index >= 15 is 0 Å². The van der Waals surface area contributed by atoms with Gasteiger partial charge < -0.3 is 22.4 Å². The summed E-state index contributed by atoms with van der Waals surface area (Å²) in [5.41, 5.74) is 0.423. The number of benzene rings is 1. The smallest absolute Gasteiger partial charge is 0.423 e. The molecule has 2 N–H and O–H groups in total. The molecule has 1 aromatic rings. The van der Waals surface area contributed by atoms with Crippen molar-refractivity contribution in [3.8, 4) is 0 Å². The van der Waals surface area contributed by atoms with Crippen molar-refractivity contribution in [2.45, 2.75) is 58.9 Å². The van der Waals surface area contributed by atoms with Gasteiger partial charge in [0.1, 0.15) is 0 Å². The lowest BCUT2D eigenvalue weighted by Crippen LogP contribution is -2.67. The Bertz CT molecular complexity index is 538. The minimum Gasteiger partial charge on any atom is -0.423 e. The van der Waals surface area contributed by atoms with Gasteiger partial charge in [-0.2, -0.15) is 0 Å². The number of hydrogen-bond donors (Lipinski definition) is 2. The zero-order chi connectivity index (χ0) is 19.7. The molecule has 0 fully saturated rings. The SMILES string of the molecule is C[Si](C)(C)O[Si](O[Si](C)(C)C)(O[Si](C)(C)C)c1cccc(B(O)O)c1. The molecule has 0 aliphatic carbocycles. The molecule has 0 saturated heterocycles. The van der Waals surface area contributed by atoms with Gasteiger partial charge in [0.15, 0.2) is 25.0 Å². The summed E-state index contributed by atoms with van der Waals surface area (Å²) in [4.78, 5) is 0. The summed E-state index contributed by atoms with van der Waals surface area (Å²) in [5.74, 6) is 0. The minimum absolute atomic E-state index is 0.423. The monoisotopic (exact) mass is 416 g/mol. The van der Waals surface area contributed by atoms with Gasteiger partial charge in [0.25, 0.3) is 0 Å². The fourth-order valence-electron chi connectivity index (χ4n) is 2.34. The molecule has 1 rings (SSSR count). The quantitative estimate of drug-likeness (QED) is 0.635. The van der Waals surface area contributed by atoms with Crippen LogP contribution < -0.4 is 10.6 Å². The Morgan fingerprint density at radius 1 is 0.720 bits per heavy atom. The molecule has 0 aliphatic rings. The maximum Gasteiger partial charge on any atom is 0.505 e. The standard InChI is InChI=1S/C15H33BO5Si4/c1-22(2,3)19-25(20-23(4,5)6,21-24(7,8)9)15-12-10-11-14(13-15)16(17)18/h10-13,17-18H,1-9H3. The van der Waals surface area contributed by atoms with Gasteiger partial charge in [-0.15, -0.1) is 0 Å². The van der Waals surface area contributed by atoms with Crippen LogP contribution in [-0.4, -0.2) is 50.9 Å². The van der Waals surface area contributed by atoms with Crippen molar-refractivity contribution >= 4 is 51.5 Å². The van der Waals surface area contributed by atoms with Crippen molar-refractivity contribution in [3.63, 3.8) is 0 Å². The third-order valence-electron chi connectivity index (χ3n) is 2.86. The first-order chi connectivity index (χ1) is 11.0. The van der Waals surface area contributed by atoms with E-state index in [1.165, 1.54) is 0 Å². The largest absolute Gasteiger partial charge is 0.505 e. The highest BCUT2D eigenvalue weighted by molar-refractivity contribution is 6.95. The Balaban J connectivity index is 3.58. The van der Waals surface area contributed by atoms with Gasteiger partial charge in [-0.3, -0.25) is 0 Å². The van der Waals surface area contributed by atoms with Crippen LogP contribution in [0.2, 0.25) is 58.9 Å². The Morgan fingerprint density at radius 2 is 1.12 bits per heavy atom. The van der Waals surface area contributed by atoms with Gasteiger partial charge in [0.05, 0.1) is 0 Å². The minimum atomic E-state index is -3.19. The van der Waals surface area contributed by atoms with Crippen LogP contribution in [-0.2, 0) is 12.3 Å². The lowest BCUT2D eigenvalue weighted by Gasteiger charge is -2.43. The summed E-state index contributed by atoms with van der Waals surface area (Å²) in [5, 5.41) is 20.0. The van der Waals surface area contributed by atoms with Crippen LogP contribution >= 0.6 is 0 Å². The van der Waals surface area contributed by atoms with E-state index in [1.807, 2.05) is 6.07 Å². The lowest BCUT2D eigenvalue weighted by molar-refractivity contribution is 0.273. The highest BCUT2D eigenvalue weighted by Gasteiger charge is 2.52. The highest BCUT2D eigenvalue weighted by atomic mass is 28.5. The van der Waals surface area contributed by atoms with Gasteiger partial charge in [0, 0.05) is 5.19 Å². The maximum atomic E-state index is 9.59. The van der Waals surface area contributed by atoms with Crippen LogP contribution in [0.4, 0.5) is 0 Å². The van der Waals surface area contributed by atoms with E-state index in [1.54, 1.807) is 18.2 Å². The molecule has 0 radical (unpaired) electrons. The zero-order valence-corrected chi connectivity index (χ0v) is 21.0. The van der Waals surface area contributed by atoms with Crippen molar-refractivity contribution in [3.05, 3.63) is 24.3 Å². The van der Waals surface area contributed by atoms with Crippen LogP contribution in [0.5, 0.6) is 0 Å². The van der Waals surface area contributed by atoms with Crippen LogP contribution in [0.25, 0.3) is 0 Å². The van der Waals surface area contributed by atoms with Gasteiger partial charge in [-0.25, -0.2) is 0 Å². The average Bonchev–Trinajstić information content (AvgIpc) is 2.32. The molecule has 0 atom stereocenters. The van der Waals surface area contributed by atoms with Crippen LogP contribution in [0.1, 0.15) is 0 Å². The molecule has 0 aromatic heterocycles. The normalized spacial score (nSPS) is 13.9. The summed E-state index contributed by atoms with van der Waals surface area (Å²) in [6.07, 6.45) is 0. The number of hydrogen-bond acceptors (Lipinski definition) is 5. The molecule has 25 heavy (non-hydrogen) atoms. The Kier molecular flexibility index (Phi) is 7.27. The Labute approximate surface area is 157 Å². The van der Waals surface area contributed by atoms with Crippen LogP contribution in [0, 0.1) is 0 Å². The summed E-state index contributed by atoms with van der Waals surface area (Å²) < 4.78 is 19.9. The summed E-state index contributed by atoms with van der Waals surface area (Å²) in [6, 6.07) is 7.18. The highest BCUT2D eigenvalue weighted by Crippen LogP contribution is 2.25. The topological polar surface area (TPSA) is 68.2 Å². The van der Waals surface area contributed by atoms with Crippen molar-refractivity contribution in [1.29, 1.82) is 0 Å². The van der Waals surface area contributed by atoms with Crippen LogP contribution in [0.3, 0.4) is 0 Å². The first-order valence-corrected chi connectivity index (χ1v) is 20.6. The van der Waals surface area contributed by atoms with E-state index in [9.17, 15) is 10.0 Å². The molecule has 0 unspecified atom stereocenters. The molecular weight excluding hydrogens is 383 g/mol. The van der Waals surface area contributed by atoms with E-state index < -0.39 is 40.9 Å². The van der Waals surface area contributed by atoms with Crippen molar-refractivity contribution in [1.82, 2.24) is 0 Å². The van der Waals surface area contributed by atoms with Crippen LogP contribution in [0.15, 0.2) is 24.3 Å². The average molecular weight is 417 g/mol. The molecular formula is C15H33BO5Si4. The van der Waals surface area contributed by atoms with Crippen molar-refractivity contribution in [2.24, 2.45) is 0 Å². The molecule has 0 amide bonds. The summed E-state index contributed by atoms with van der Waals surface area (Å²) >= 11 is 0. The fourth-order valence-corrected chi connectivity index (χ4v) is 15.7. The second kappa shape index (κ2) is 7.91. The maximum absolute atomic E-state index is 9.59. The molecule has 0 aliphatic heterocycles. The second-order valence-corrected chi connectivity index (χ2v) is 26.0. The summed E-state index contributed by atoms with van der Waals surface area (Å²) in [7, 11) is -10.7. The molecule has 142 valence electrons. The third kappa shape index (κ3) is 8.01.